The summed E-state index contributed by atoms with van der Waals surface area (Å²) < 4.78 is 14.9. The molecular formula is C14H12Br2FN. The van der Waals surface area contributed by atoms with Gasteiger partial charge in [0.15, 0.2) is 0 Å². The first-order chi connectivity index (χ1) is 8.58. The van der Waals surface area contributed by atoms with E-state index in [4.69, 9.17) is 0 Å². The molecule has 0 amide bonds. The quantitative estimate of drug-likeness (QED) is 0.773. The topological polar surface area (TPSA) is 12.0 Å². The monoisotopic (exact) mass is 371 g/mol. The molecule has 0 spiro atoms. The number of nitrogens with one attached hydrogen (secondary N) is 1. The van der Waals surface area contributed by atoms with Gasteiger partial charge in [0, 0.05) is 16.7 Å². The lowest BCUT2D eigenvalue weighted by molar-refractivity contribution is 0.618. The van der Waals surface area contributed by atoms with Gasteiger partial charge in [0.1, 0.15) is 5.82 Å². The van der Waals surface area contributed by atoms with Gasteiger partial charge in [0.25, 0.3) is 0 Å². The highest BCUT2D eigenvalue weighted by atomic mass is 79.9. The predicted molar refractivity (Wildman–Crippen MR) is 80.3 cm³/mol. The molecule has 18 heavy (non-hydrogen) atoms. The summed E-state index contributed by atoms with van der Waals surface area (Å²) >= 11 is 6.74. The molecule has 0 aromatic heterocycles. The van der Waals surface area contributed by atoms with Gasteiger partial charge in [-0.05, 0) is 52.2 Å². The van der Waals surface area contributed by atoms with Gasteiger partial charge in [-0.15, -0.1) is 0 Å². The highest BCUT2D eigenvalue weighted by Gasteiger charge is 2.05. The molecule has 0 saturated carbocycles. The molecule has 2 aromatic carbocycles. The summed E-state index contributed by atoms with van der Waals surface area (Å²) in [5, 5.41) is 3.27. The lowest BCUT2D eigenvalue weighted by atomic mass is 10.2. The van der Waals surface area contributed by atoms with Crippen LogP contribution in [0.1, 0.15) is 11.1 Å². The molecule has 0 heterocycles. The minimum Gasteiger partial charge on any atom is -0.381 e. The largest absolute Gasteiger partial charge is 0.381 e. The second-order valence-corrected chi connectivity index (χ2v) is 5.68. The van der Waals surface area contributed by atoms with Crippen LogP contribution in [0.5, 0.6) is 0 Å². The third-order valence-electron chi connectivity index (χ3n) is 2.69. The van der Waals surface area contributed by atoms with Crippen molar-refractivity contribution in [2.45, 2.75) is 13.5 Å². The van der Waals surface area contributed by atoms with E-state index in [0.29, 0.717) is 11.0 Å². The standard InChI is InChI=1S/C14H12Br2FN/c1-9-5-6-11(7-12(9)15)18-8-10-3-2-4-13(17)14(10)16/h2-7,18H,8H2,1H3. The fourth-order valence-electron chi connectivity index (χ4n) is 1.59. The molecule has 0 radical (unpaired) electrons. The van der Waals surface area contributed by atoms with E-state index in [0.717, 1.165) is 15.7 Å². The average molecular weight is 373 g/mol. The van der Waals surface area contributed by atoms with Crippen molar-refractivity contribution in [2.75, 3.05) is 5.32 Å². The summed E-state index contributed by atoms with van der Waals surface area (Å²) in [5.41, 5.74) is 3.09. The van der Waals surface area contributed by atoms with E-state index in [1.807, 2.05) is 31.2 Å². The number of halogens is 3. The van der Waals surface area contributed by atoms with Gasteiger partial charge >= 0.3 is 0 Å². The maximum absolute atomic E-state index is 13.3. The lowest BCUT2D eigenvalue weighted by Crippen LogP contribution is -2.01. The van der Waals surface area contributed by atoms with Crippen molar-refractivity contribution in [1.82, 2.24) is 0 Å². The Bertz CT molecular complexity index is 570. The van der Waals surface area contributed by atoms with E-state index in [2.05, 4.69) is 37.2 Å². The zero-order valence-corrected chi connectivity index (χ0v) is 13.0. The average Bonchev–Trinajstić information content (AvgIpc) is 2.35. The molecule has 1 N–H and O–H groups in total. The molecule has 0 fully saturated rings. The fraction of sp³-hybridized carbons (Fsp3) is 0.143. The van der Waals surface area contributed by atoms with Crippen LogP contribution >= 0.6 is 31.9 Å². The molecule has 0 aliphatic rings. The molecule has 0 saturated heterocycles. The van der Waals surface area contributed by atoms with Crippen molar-refractivity contribution in [3.63, 3.8) is 0 Å². The van der Waals surface area contributed by atoms with Gasteiger partial charge in [-0.3, -0.25) is 0 Å². The van der Waals surface area contributed by atoms with Crippen LogP contribution in [0.4, 0.5) is 10.1 Å². The van der Waals surface area contributed by atoms with E-state index in [9.17, 15) is 4.39 Å². The molecule has 0 unspecified atom stereocenters. The van der Waals surface area contributed by atoms with Crippen molar-refractivity contribution >= 4 is 37.5 Å². The maximum atomic E-state index is 13.3. The third kappa shape index (κ3) is 3.12. The zero-order chi connectivity index (χ0) is 13.1. The van der Waals surface area contributed by atoms with Crippen molar-refractivity contribution in [3.05, 3.63) is 62.3 Å². The second-order valence-electron chi connectivity index (χ2n) is 4.03. The summed E-state index contributed by atoms with van der Waals surface area (Å²) in [6.07, 6.45) is 0. The smallest absolute Gasteiger partial charge is 0.137 e. The number of hydrogen-bond donors (Lipinski definition) is 1. The SMILES string of the molecule is Cc1ccc(NCc2cccc(F)c2Br)cc1Br. The maximum Gasteiger partial charge on any atom is 0.137 e. The number of hydrogen-bond acceptors (Lipinski definition) is 1. The minimum atomic E-state index is -0.237. The van der Waals surface area contributed by atoms with Crippen LogP contribution < -0.4 is 5.32 Å². The molecular weight excluding hydrogens is 361 g/mol. The zero-order valence-electron chi connectivity index (χ0n) is 9.81. The van der Waals surface area contributed by atoms with Crippen LogP contribution in [0, 0.1) is 12.7 Å². The normalized spacial score (nSPS) is 10.4. The van der Waals surface area contributed by atoms with E-state index in [1.165, 1.54) is 11.6 Å². The van der Waals surface area contributed by atoms with Gasteiger partial charge in [-0.1, -0.05) is 34.1 Å². The van der Waals surface area contributed by atoms with Gasteiger partial charge < -0.3 is 5.32 Å². The van der Waals surface area contributed by atoms with Gasteiger partial charge in [0.2, 0.25) is 0 Å². The van der Waals surface area contributed by atoms with Crippen LogP contribution in [0.2, 0.25) is 0 Å². The van der Waals surface area contributed by atoms with Crippen molar-refractivity contribution < 1.29 is 4.39 Å². The van der Waals surface area contributed by atoms with Crippen molar-refractivity contribution in [1.29, 1.82) is 0 Å². The fourth-order valence-corrected chi connectivity index (χ4v) is 2.37. The Morgan fingerprint density at radius 2 is 1.94 bits per heavy atom. The van der Waals surface area contributed by atoms with Crippen molar-refractivity contribution in [2.24, 2.45) is 0 Å². The summed E-state index contributed by atoms with van der Waals surface area (Å²) in [4.78, 5) is 0. The lowest BCUT2D eigenvalue weighted by Gasteiger charge is -2.10. The van der Waals surface area contributed by atoms with E-state index >= 15 is 0 Å². The van der Waals surface area contributed by atoms with Gasteiger partial charge in [-0.25, -0.2) is 4.39 Å². The first-order valence-electron chi connectivity index (χ1n) is 5.51. The molecule has 1 nitrogen and oxygen atoms in total. The van der Waals surface area contributed by atoms with Gasteiger partial charge in [0.05, 0.1) is 4.47 Å². The molecule has 4 heteroatoms. The molecule has 2 aromatic rings. The van der Waals surface area contributed by atoms with Crippen LogP contribution in [0.25, 0.3) is 0 Å². The third-order valence-corrected chi connectivity index (χ3v) is 4.43. The number of benzene rings is 2. The molecule has 94 valence electrons. The Morgan fingerprint density at radius 1 is 1.17 bits per heavy atom. The Morgan fingerprint density at radius 3 is 2.67 bits per heavy atom. The first kappa shape index (κ1) is 13.6. The van der Waals surface area contributed by atoms with Crippen LogP contribution in [0.3, 0.4) is 0 Å². The van der Waals surface area contributed by atoms with E-state index in [-0.39, 0.29) is 5.82 Å². The van der Waals surface area contributed by atoms with E-state index in [1.54, 1.807) is 6.07 Å². The van der Waals surface area contributed by atoms with Crippen LogP contribution in [-0.2, 0) is 6.54 Å². The Hall–Kier alpha value is -0.870. The molecule has 0 atom stereocenters. The first-order valence-corrected chi connectivity index (χ1v) is 7.09. The molecule has 0 aliphatic heterocycles. The van der Waals surface area contributed by atoms with Crippen LogP contribution in [0.15, 0.2) is 45.3 Å². The van der Waals surface area contributed by atoms with Crippen LogP contribution in [-0.4, -0.2) is 0 Å². The van der Waals surface area contributed by atoms with Crippen molar-refractivity contribution in [3.8, 4) is 0 Å². The number of rotatable bonds is 3. The highest BCUT2D eigenvalue weighted by Crippen LogP contribution is 2.23. The highest BCUT2D eigenvalue weighted by molar-refractivity contribution is 9.10. The molecule has 0 aliphatic carbocycles. The Kier molecular flexibility index (Phi) is 4.40. The summed E-state index contributed by atoms with van der Waals surface area (Å²) in [6.45, 7) is 2.62. The summed E-state index contributed by atoms with van der Waals surface area (Å²) in [5.74, 6) is -0.237. The second kappa shape index (κ2) is 5.85. The van der Waals surface area contributed by atoms with Gasteiger partial charge in [-0.2, -0.15) is 0 Å². The minimum absolute atomic E-state index is 0.237. The Labute approximate surface area is 123 Å². The number of anilines is 1. The van der Waals surface area contributed by atoms with E-state index < -0.39 is 0 Å². The summed E-state index contributed by atoms with van der Waals surface area (Å²) in [6, 6.07) is 11.1. The predicted octanol–water partition coefficient (Wildman–Crippen LogP) is 5.27. The summed E-state index contributed by atoms with van der Waals surface area (Å²) in [7, 11) is 0. The Balaban J connectivity index is 2.11. The molecule has 0 bridgehead atoms. The number of aryl methyl sites for hydroxylation is 1. The molecule has 2 rings (SSSR count).